The molecule has 0 aliphatic rings. The predicted octanol–water partition coefficient (Wildman–Crippen LogP) is 2.87. The fraction of sp³-hybridized carbons (Fsp3) is 1.00. The molecule has 0 aliphatic carbocycles. The lowest BCUT2D eigenvalue weighted by Crippen LogP contribution is -2.47. The van der Waals surface area contributed by atoms with E-state index in [0.29, 0.717) is 6.04 Å². The second kappa shape index (κ2) is 8.93. The van der Waals surface area contributed by atoms with E-state index in [-0.39, 0.29) is 6.61 Å². The van der Waals surface area contributed by atoms with Gasteiger partial charge in [-0.25, -0.2) is 0 Å². The van der Waals surface area contributed by atoms with E-state index in [1.807, 2.05) is 6.92 Å². The lowest BCUT2D eigenvalue weighted by Gasteiger charge is -2.35. The summed E-state index contributed by atoms with van der Waals surface area (Å²) in [6.07, 6.45) is 3.30. The Hall–Kier alpha value is -0.120. The lowest BCUT2D eigenvalue weighted by molar-refractivity contribution is 0.128. The number of nitrogens with zero attached hydrogens (tertiary/aromatic N) is 1. The summed E-state index contributed by atoms with van der Waals surface area (Å²) in [5.41, 5.74) is 5.63. The van der Waals surface area contributed by atoms with Crippen molar-refractivity contribution in [2.24, 2.45) is 17.6 Å². The van der Waals surface area contributed by atoms with Crippen LogP contribution < -0.4 is 5.73 Å². The van der Waals surface area contributed by atoms with Gasteiger partial charge in [-0.2, -0.15) is 0 Å². The summed E-state index contributed by atoms with van der Waals surface area (Å²) in [7, 11) is 0. The van der Waals surface area contributed by atoms with Crippen LogP contribution in [-0.4, -0.2) is 41.3 Å². The third-order valence-electron chi connectivity index (χ3n) is 3.73. The first kappa shape index (κ1) is 18.9. The molecule has 0 amide bonds. The first-order valence-electron chi connectivity index (χ1n) is 7.81. The van der Waals surface area contributed by atoms with Crippen LogP contribution >= 0.6 is 0 Å². The second-order valence-electron chi connectivity index (χ2n) is 7.27. The van der Waals surface area contributed by atoms with E-state index in [0.717, 1.165) is 31.3 Å². The van der Waals surface area contributed by atoms with Gasteiger partial charge in [-0.15, -0.1) is 0 Å². The maximum absolute atomic E-state index is 9.32. The highest BCUT2D eigenvalue weighted by Gasteiger charge is 2.24. The van der Waals surface area contributed by atoms with Gasteiger partial charge in [-0.1, -0.05) is 27.7 Å². The molecule has 116 valence electrons. The Labute approximate surface area is 120 Å². The first-order chi connectivity index (χ1) is 8.68. The van der Waals surface area contributed by atoms with Crippen LogP contribution in [0.4, 0.5) is 0 Å². The van der Waals surface area contributed by atoms with Crippen LogP contribution in [-0.2, 0) is 0 Å². The van der Waals surface area contributed by atoms with Crippen LogP contribution in [0.25, 0.3) is 0 Å². The number of nitrogens with two attached hydrogens (primary N) is 1. The zero-order valence-electron chi connectivity index (χ0n) is 13.9. The Morgan fingerprint density at radius 1 is 1.00 bits per heavy atom. The molecule has 3 nitrogen and oxygen atoms in total. The minimum Gasteiger partial charge on any atom is -0.394 e. The molecule has 0 aliphatic heterocycles. The Bertz CT molecular complexity index is 215. The molecule has 19 heavy (non-hydrogen) atoms. The predicted molar refractivity (Wildman–Crippen MR) is 84.2 cm³/mol. The maximum atomic E-state index is 9.32. The van der Waals surface area contributed by atoms with E-state index in [1.165, 1.54) is 12.8 Å². The van der Waals surface area contributed by atoms with E-state index in [2.05, 4.69) is 39.5 Å². The molecule has 0 aromatic carbocycles. The molecule has 0 saturated heterocycles. The molecular weight excluding hydrogens is 236 g/mol. The Balaban J connectivity index is 4.43. The fourth-order valence-electron chi connectivity index (χ4n) is 2.27. The smallest absolute Gasteiger partial charge is 0.0609 e. The van der Waals surface area contributed by atoms with E-state index in [4.69, 9.17) is 5.73 Å². The van der Waals surface area contributed by atoms with Gasteiger partial charge >= 0.3 is 0 Å². The third-order valence-corrected chi connectivity index (χ3v) is 3.73. The second-order valence-corrected chi connectivity index (χ2v) is 7.27. The standard InChI is InChI=1S/C16H36N2O/c1-13(2)7-9-18(10-8-14(3)4)15(5)11-16(6,17)12-19/h13-15,19H,7-12,17H2,1-6H3. The number of hydrogen-bond acceptors (Lipinski definition) is 3. The Morgan fingerprint density at radius 2 is 1.42 bits per heavy atom. The highest BCUT2D eigenvalue weighted by Crippen LogP contribution is 2.16. The molecule has 0 saturated carbocycles. The van der Waals surface area contributed by atoms with Gasteiger partial charge in [-0.3, -0.25) is 0 Å². The van der Waals surface area contributed by atoms with Crippen molar-refractivity contribution in [3.63, 3.8) is 0 Å². The van der Waals surface area contributed by atoms with Crippen LogP contribution in [0.15, 0.2) is 0 Å². The SMILES string of the molecule is CC(C)CCN(CCC(C)C)C(C)CC(C)(N)CO. The van der Waals surface area contributed by atoms with Crippen LogP contribution in [0.3, 0.4) is 0 Å². The van der Waals surface area contributed by atoms with E-state index < -0.39 is 5.54 Å². The van der Waals surface area contributed by atoms with Gasteiger partial charge in [0.2, 0.25) is 0 Å². The minimum absolute atomic E-state index is 0.0551. The van der Waals surface area contributed by atoms with Gasteiger partial charge in [0.1, 0.15) is 0 Å². The molecule has 2 atom stereocenters. The largest absolute Gasteiger partial charge is 0.394 e. The number of aliphatic hydroxyl groups is 1. The monoisotopic (exact) mass is 272 g/mol. The molecule has 2 unspecified atom stereocenters. The van der Waals surface area contributed by atoms with E-state index in [1.54, 1.807) is 0 Å². The van der Waals surface area contributed by atoms with Gasteiger partial charge in [0.15, 0.2) is 0 Å². The summed E-state index contributed by atoms with van der Waals surface area (Å²) in [6, 6.07) is 0.430. The van der Waals surface area contributed by atoms with Crippen molar-refractivity contribution < 1.29 is 5.11 Å². The van der Waals surface area contributed by atoms with Gasteiger partial charge in [-0.05, 0) is 58.0 Å². The normalized spacial score (nSPS) is 17.2. The molecular formula is C16H36N2O. The molecule has 0 spiro atoms. The first-order valence-corrected chi connectivity index (χ1v) is 7.81. The van der Waals surface area contributed by atoms with Crippen molar-refractivity contribution in [2.45, 2.75) is 72.4 Å². The molecule has 0 aromatic rings. The highest BCUT2D eigenvalue weighted by atomic mass is 16.3. The quantitative estimate of drug-likeness (QED) is 0.643. The molecule has 0 fully saturated rings. The van der Waals surface area contributed by atoms with Crippen LogP contribution in [0.1, 0.15) is 60.8 Å². The topological polar surface area (TPSA) is 49.5 Å². The van der Waals surface area contributed by atoms with Crippen molar-refractivity contribution in [1.82, 2.24) is 4.90 Å². The summed E-state index contributed by atoms with van der Waals surface area (Å²) in [5.74, 6) is 1.46. The average Bonchev–Trinajstić information content (AvgIpc) is 2.27. The number of rotatable bonds is 10. The minimum atomic E-state index is -0.465. The Kier molecular flexibility index (Phi) is 8.88. The lowest BCUT2D eigenvalue weighted by atomic mass is 9.94. The summed E-state index contributed by atoms with van der Waals surface area (Å²) in [4.78, 5) is 2.54. The van der Waals surface area contributed by atoms with Crippen molar-refractivity contribution in [3.05, 3.63) is 0 Å². The van der Waals surface area contributed by atoms with Crippen LogP contribution in [0.5, 0.6) is 0 Å². The number of hydrogen-bond donors (Lipinski definition) is 2. The summed E-state index contributed by atoms with van der Waals surface area (Å²) >= 11 is 0. The molecule has 0 aromatic heterocycles. The van der Waals surface area contributed by atoms with Crippen molar-refractivity contribution in [3.8, 4) is 0 Å². The van der Waals surface area contributed by atoms with Crippen molar-refractivity contribution >= 4 is 0 Å². The summed E-state index contributed by atoms with van der Waals surface area (Å²) in [5, 5.41) is 9.32. The molecule has 0 radical (unpaired) electrons. The van der Waals surface area contributed by atoms with Crippen molar-refractivity contribution in [2.75, 3.05) is 19.7 Å². The zero-order valence-corrected chi connectivity index (χ0v) is 13.9. The number of aliphatic hydroxyl groups excluding tert-OH is 1. The van der Waals surface area contributed by atoms with Crippen LogP contribution in [0.2, 0.25) is 0 Å². The zero-order chi connectivity index (χ0) is 15.1. The van der Waals surface area contributed by atoms with Gasteiger partial charge < -0.3 is 15.7 Å². The highest BCUT2D eigenvalue weighted by molar-refractivity contribution is 4.84. The maximum Gasteiger partial charge on any atom is 0.0609 e. The van der Waals surface area contributed by atoms with Gasteiger partial charge in [0.25, 0.3) is 0 Å². The average molecular weight is 272 g/mol. The van der Waals surface area contributed by atoms with Crippen LogP contribution in [0, 0.1) is 11.8 Å². The molecule has 0 heterocycles. The summed E-state index contributed by atoms with van der Waals surface area (Å²) < 4.78 is 0. The molecule has 0 rings (SSSR count). The molecule has 3 N–H and O–H groups in total. The van der Waals surface area contributed by atoms with E-state index in [9.17, 15) is 5.11 Å². The van der Waals surface area contributed by atoms with Crippen molar-refractivity contribution in [1.29, 1.82) is 0 Å². The molecule has 3 heteroatoms. The fourth-order valence-corrected chi connectivity index (χ4v) is 2.27. The molecule has 0 bridgehead atoms. The Morgan fingerprint density at radius 3 is 1.74 bits per heavy atom. The van der Waals surface area contributed by atoms with Gasteiger partial charge in [0, 0.05) is 11.6 Å². The third kappa shape index (κ3) is 9.42. The van der Waals surface area contributed by atoms with E-state index >= 15 is 0 Å². The van der Waals surface area contributed by atoms with Gasteiger partial charge in [0.05, 0.1) is 6.61 Å². The summed E-state index contributed by atoms with van der Waals surface area (Å²) in [6.45, 7) is 15.6.